The topological polar surface area (TPSA) is 46.2 Å². The van der Waals surface area contributed by atoms with Gasteiger partial charge in [-0.15, -0.1) is 0 Å². The van der Waals surface area contributed by atoms with Crippen molar-refractivity contribution in [1.82, 2.24) is 0 Å². The molecule has 0 aromatic rings. The maximum absolute atomic E-state index is 9.96. The Labute approximate surface area is 67.8 Å². The van der Waals surface area contributed by atoms with E-state index in [1.165, 1.54) is 12.8 Å². The van der Waals surface area contributed by atoms with E-state index in [0.29, 0.717) is 11.8 Å². The number of aliphatic hydroxyl groups is 1. The predicted molar refractivity (Wildman–Crippen MR) is 44.0 cm³/mol. The second-order valence-corrected chi connectivity index (χ2v) is 4.44. The van der Waals surface area contributed by atoms with Crippen molar-refractivity contribution in [2.45, 2.75) is 44.2 Å². The Morgan fingerprint density at radius 1 is 1.45 bits per heavy atom. The molecule has 3 N–H and O–H groups in total. The lowest BCUT2D eigenvalue weighted by Crippen LogP contribution is -2.40. The van der Waals surface area contributed by atoms with Gasteiger partial charge in [0.1, 0.15) is 0 Å². The molecule has 2 saturated carbocycles. The van der Waals surface area contributed by atoms with Crippen LogP contribution in [0.5, 0.6) is 0 Å². The summed E-state index contributed by atoms with van der Waals surface area (Å²) >= 11 is 0. The van der Waals surface area contributed by atoms with E-state index in [1.807, 2.05) is 6.92 Å². The van der Waals surface area contributed by atoms with Crippen LogP contribution in [0.4, 0.5) is 0 Å². The third-order valence-corrected chi connectivity index (χ3v) is 3.57. The van der Waals surface area contributed by atoms with Crippen LogP contribution in [-0.4, -0.2) is 16.7 Å². The van der Waals surface area contributed by atoms with Gasteiger partial charge in [0.15, 0.2) is 0 Å². The Balaban J connectivity index is 2.23. The van der Waals surface area contributed by atoms with Gasteiger partial charge in [-0.3, -0.25) is 0 Å². The zero-order chi connectivity index (χ0) is 8.06. The van der Waals surface area contributed by atoms with Crippen LogP contribution in [0, 0.1) is 11.8 Å². The van der Waals surface area contributed by atoms with Crippen LogP contribution < -0.4 is 5.73 Å². The monoisotopic (exact) mass is 155 g/mol. The van der Waals surface area contributed by atoms with Crippen molar-refractivity contribution in [3.8, 4) is 0 Å². The molecule has 11 heavy (non-hydrogen) atoms. The Bertz CT molecular complexity index is 167. The molecule has 0 aromatic carbocycles. The van der Waals surface area contributed by atoms with Crippen molar-refractivity contribution in [2.24, 2.45) is 17.6 Å². The predicted octanol–water partition coefficient (Wildman–Crippen LogP) is 0.885. The summed E-state index contributed by atoms with van der Waals surface area (Å²) in [6.07, 6.45) is 4.55. The minimum Gasteiger partial charge on any atom is -0.390 e. The molecule has 0 aliphatic heterocycles. The van der Waals surface area contributed by atoms with Crippen molar-refractivity contribution in [3.05, 3.63) is 0 Å². The van der Waals surface area contributed by atoms with Crippen molar-refractivity contribution in [1.29, 1.82) is 0 Å². The number of hydrogen-bond acceptors (Lipinski definition) is 2. The fourth-order valence-corrected chi connectivity index (χ4v) is 2.96. The largest absolute Gasteiger partial charge is 0.390 e. The highest BCUT2D eigenvalue weighted by Crippen LogP contribution is 2.47. The molecule has 0 radical (unpaired) electrons. The molecule has 2 aliphatic carbocycles. The summed E-state index contributed by atoms with van der Waals surface area (Å²) < 4.78 is 0. The summed E-state index contributed by atoms with van der Waals surface area (Å²) in [5.41, 5.74) is 5.54. The molecule has 0 unspecified atom stereocenters. The zero-order valence-electron chi connectivity index (χ0n) is 7.09. The fraction of sp³-hybridized carbons (Fsp3) is 1.00. The molecule has 2 rings (SSSR count). The smallest absolute Gasteiger partial charge is 0.0665 e. The highest BCUT2D eigenvalue weighted by Gasteiger charge is 2.49. The Morgan fingerprint density at radius 3 is 2.73 bits per heavy atom. The molecule has 64 valence electrons. The molecule has 0 amide bonds. The van der Waals surface area contributed by atoms with Crippen molar-refractivity contribution in [3.63, 3.8) is 0 Å². The van der Waals surface area contributed by atoms with Gasteiger partial charge in [0.2, 0.25) is 0 Å². The van der Waals surface area contributed by atoms with Crippen LogP contribution in [0.2, 0.25) is 0 Å². The molecular weight excluding hydrogens is 138 g/mol. The van der Waals surface area contributed by atoms with Gasteiger partial charge in [0.05, 0.1) is 5.60 Å². The van der Waals surface area contributed by atoms with Gasteiger partial charge in [-0.1, -0.05) is 6.42 Å². The first-order valence-electron chi connectivity index (χ1n) is 4.59. The van der Waals surface area contributed by atoms with E-state index in [9.17, 15) is 5.11 Å². The van der Waals surface area contributed by atoms with Crippen molar-refractivity contribution in [2.75, 3.05) is 0 Å². The second kappa shape index (κ2) is 2.20. The van der Waals surface area contributed by atoms with Gasteiger partial charge >= 0.3 is 0 Å². The molecule has 0 spiro atoms. The van der Waals surface area contributed by atoms with E-state index in [2.05, 4.69) is 0 Å². The van der Waals surface area contributed by atoms with Gasteiger partial charge in [-0.25, -0.2) is 0 Å². The minimum atomic E-state index is -0.458. The Hall–Kier alpha value is -0.0800. The van der Waals surface area contributed by atoms with Gasteiger partial charge < -0.3 is 10.8 Å². The van der Waals surface area contributed by atoms with Crippen LogP contribution in [0.25, 0.3) is 0 Å². The lowest BCUT2D eigenvalue weighted by atomic mass is 9.82. The summed E-state index contributed by atoms with van der Waals surface area (Å²) in [5, 5.41) is 9.96. The van der Waals surface area contributed by atoms with E-state index in [-0.39, 0.29) is 6.04 Å². The molecule has 2 fully saturated rings. The standard InChI is InChI=1S/C9H17NO/c1-9(11)5-6-3-2-4-7(9)8(6)10/h6-8,11H,2-5,10H2,1H3/t6-,7-,8-,9-/m0/s1. The van der Waals surface area contributed by atoms with E-state index in [0.717, 1.165) is 12.8 Å². The van der Waals surface area contributed by atoms with Gasteiger partial charge in [-0.05, 0) is 32.1 Å². The summed E-state index contributed by atoms with van der Waals surface area (Å²) in [4.78, 5) is 0. The van der Waals surface area contributed by atoms with Crippen LogP contribution in [0.1, 0.15) is 32.6 Å². The third kappa shape index (κ3) is 1.00. The SMILES string of the molecule is C[C@]1(O)C[C@@H]2CCC[C@H]1[C@H]2N. The summed E-state index contributed by atoms with van der Waals surface area (Å²) in [7, 11) is 0. The van der Waals surface area contributed by atoms with Crippen molar-refractivity contribution < 1.29 is 5.11 Å². The normalized spacial score (nSPS) is 56.5. The lowest BCUT2D eigenvalue weighted by molar-refractivity contribution is 0.0158. The van der Waals surface area contributed by atoms with Crippen LogP contribution >= 0.6 is 0 Å². The molecule has 2 bridgehead atoms. The van der Waals surface area contributed by atoms with Gasteiger partial charge in [0, 0.05) is 12.0 Å². The van der Waals surface area contributed by atoms with Gasteiger partial charge in [-0.2, -0.15) is 0 Å². The van der Waals surface area contributed by atoms with Crippen molar-refractivity contribution >= 4 is 0 Å². The van der Waals surface area contributed by atoms with E-state index in [1.54, 1.807) is 0 Å². The van der Waals surface area contributed by atoms with Crippen LogP contribution in [0.15, 0.2) is 0 Å². The molecule has 2 nitrogen and oxygen atoms in total. The van der Waals surface area contributed by atoms with Gasteiger partial charge in [0.25, 0.3) is 0 Å². The van der Waals surface area contributed by atoms with E-state index in [4.69, 9.17) is 5.73 Å². The minimum absolute atomic E-state index is 0.277. The molecular formula is C9H17NO. The van der Waals surface area contributed by atoms with Crippen LogP contribution in [-0.2, 0) is 0 Å². The molecule has 2 aliphatic rings. The molecule has 0 aromatic heterocycles. The second-order valence-electron chi connectivity index (χ2n) is 4.44. The highest BCUT2D eigenvalue weighted by atomic mass is 16.3. The number of fused-ring (bicyclic) bond motifs is 2. The fourth-order valence-electron chi connectivity index (χ4n) is 2.96. The molecule has 2 heteroatoms. The molecule has 0 heterocycles. The zero-order valence-corrected chi connectivity index (χ0v) is 7.09. The van der Waals surface area contributed by atoms with E-state index < -0.39 is 5.60 Å². The average molecular weight is 155 g/mol. The number of nitrogens with two attached hydrogens (primary N) is 1. The highest BCUT2D eigenvalue weighted by molar-refractivity contribution is 5.03. The summed E-state index contributed by atoms with van der Waals surface area (Å²) in [6, 6.07) is 0.277. The van der Waals surface area contributed by atoms with E-state index >= 15 is 0 Å². The number of hydrogen-bond donors (Lipinski definition) is 2. The Kier molecular flexibility index (Phi) is 1.52. The maximum atomic E-state index is 9.96. The Morgan fingerprint density at radius 2 is 2.18 bits per heavy atom. The third-order valence-electron chi connectivity index (χ3n) is 3.57. The molecule has 0 saturated heterocycles. The number of rotatable bonds is 0. The quantitative estimate of drug-likeness (QED) is 0.545. The van der Waals surface area contributed by atoms with Crippen LogP contribution in [0.3, 0.4) is 0 Å². The first kappa shape index (κ1) is 7.56. The lowest BCUT2D eigenvalue weighted by Gasteiger charge is -2.30. The summed E-state index contributed by atoms with van der Waals surface area (Å²) in [6.45, 7) is 1.95. The first-order valence-corrected chi connectivity index (χ1v) is 4.59. The molecule has 4 atom stereocenters. The first-order chi connectivity index (χ1) is 5.11. The summed E-state index contributed by atoms with van der Waals surface area (Å²) in [5.74, 6) is 0.977. The maximum Gasteiger partial charge on any atom is 0.0665 e. The average Bonchev–Trinajstić information content (AvgIpc) is 2.11.